The Morgan fingerprint density at radius 1 is 1.29 bits per heavy atom. The molecule has 0 spiro atoms. The molecule has 17 heavy (non-hydrogen) atoms. The Bertz CT molecular complexity index is 237. The van der Waals surface area contributed by atoms with Gasteiger partial charge in [0.2, 0.25) is 0 Å². The van der Waals surface area contributed by atoms with E-state index in [4.69, 9.17) is 10.5 Å². The van der Waals surface area contributed by atoms with Crippen LogP contribution in [0.2, 0.25) is 0 Å². The average molecular weight is 242 g/mol. The first-order chi connectivity index (χ1) is 8.18. The van der Waals surface area contributed by atoms with Crippen LogP contribution in [0.1, 0.15) is 32.1 Å². The number of aliphatic hydroxyl groups excluding tert-OH is 1. The molecule has 0 aromatic rings. The number of ether oxygens (including phenoxy) is 1. The summed E-state index contributed by atoms with van der Waals surface area (Å²) in [5.41, 5.74) is 6.12. The minimum absolute atomic E-state index is 0.158. The minimum Gasteiger partial charge on any atom is -0.391 e. The van der Waals surface area contributed by atoms with Gasteiger partial charge in [0, 0.05) is 31.2 Å². The van der Waals surface area contributed by atoms with Gasteiger partial charge in [-0.05, 0) is 26.3 Å². The average Bonchev–Trinajstić information content (AvgIpc) is 2.32. The maximum absolute atomic E-state index is 10.0. The Kier molecular flexibility index (Phi) is 4.79. The normalized spacial score (nSPS) is 39.5. The summed E-state index contributed by atoms with van der Waals surface area (Å²) in [7, 11) is 2.11. The van der Waals surface area contributed by atoms with Crippen molar-refractivity contribution in [2.24, 2.45) is 11.7 Å². The third-order valence-corrected chi connectivity index (χ3v) is 4.32. The maximum atomic E-state index is 10.0. The predicted molar refractivity (Wildman–Crippen MR) is 67.8 cm³/mol. The molecule has 1 saturated carbocycles. The zero-order valence-corrected chi connectivity index (χ0v) is 10.8. The molecule has 100 valence electrons. The van der Waals surface area contributed by atoms with Crippen LogP contribution >= 0.6 is 0 Å². The van der Waals surface area contributed by atoms with Crippen LogP contribution in [0.4, 0.5) is 0 Å². The van der Waals surface area contributed by atoms with E-state index in [2.05, 4.69) is 11.9 Å². The van der Waals surface area contributed by atoms with Crippen molar-refractivity contribution in [3.63, 3.8) is 0 Å². The van der Waals surface area contributed by atoms with E-state index in [9.17, 15) is 5.11 Å². The highest BCUT2D eigenvalue weighted by atomic mass is 16.5. The summed E-state index contributed by atoms with van der Waals surface area (Å²) in [5.74, 6) is 0.419. The highest BCUT2D eigenvalue weighted by Crippen LogP contribution is 2.24. The Morgan fingerprint density at radius 2 is 2.06 bits per heavy atom. The highest BCUT2D eigenvalue weighted by Gasteiger charge is 2.30. The lowest BCUT2D eigenvalue weighted by atomic mass is 9.90. The number of nitrogens with zero attached hydrogens (tertiary/aromatic N) is 1. The molecule has 2 rings (SSSR count). The number of rotatable bonds is 3. The molecule has 1 aliphatic heterocycles. The third-order valence-electron chi connectivity index (χ3n) is 4.32. The molecule has 0 bridgehead atoms. The molecule has 2 aliphatic rings. The molecule has 0 aromatic heterocycles. The zero-order valence-electron chi connectivity index (χ0n) is 10.8. The smallest absolute Gasteiger partial charge is 0.0695 e. The van der Waals surface area contributed by atoms with Crippen molar-refractivity contribution < 1.29 is 9.84 Å². The van der Waals surface area contributed by atoms with Crippen LogP contribution in [0.25, 0.3) is 0 Å². The van der Waals surface area contributed by atoms with E-state index in [-0.39, 0.29) is 12.1 Å². The number of hydrogen-bond donors (Lipinski definition) is 2. The summed E-state index contributed by atoms with van der Waals surface area (Å²) in [6, 6.07) is 0.574. The SMILES string of the molecule is CN(CC1COCCC1N)C1CCCCC1O. The zero-order chi connectivity index (χ0) is 12.3. The Hall–Kier alpha value is -0.160. The number of likely N-dealkylation sites (N-methyl/N-ethyl adjacent to an activating group) is 1. The second kappa shape index (κ2) is 6.14. The molecule has 3 N–H and O–H groups in total. The monoisotopic (exact) mass is 242 g/mol. The first kappa shape index (κ1) is 13.3. The summed E-state index contributed by atoms with van der Waals surface area (Å²) in [6.45, 7) is 2.52. The highest BCUT2D eigenvalue weighted by molar-refractivity contribution is 4.85. The van der Waals surface area contributed by atoms with Gasteiger partial charge in [-0.25, -0.2) is 0 Å². The fraction of sp³-hybridized carbons (Fsp3) is 1.00. The van der Waals surface area contributed by atoms with Gasteiger partial charge >= 0.3 is 0 Å². The summed E-state index contributed by atoms with van der Waals surface area (Å²) in [5, 5.41) is 10.0. The van der Waals surface area contributed by atoms with E-state index >= 15 is 0 Å². The van der Waals surface area contributed by atoms with Crippen molar-refractivity contribution in [2.45, 2.75) is 50.3 Å². The van der Waals surface area contributed by atoms with E-state index in [1.54, 1.807) is 0 Å². The van der Waals surface area contributed by atoms with Crippen LogP contribution in [0, 0.1) is 5.92 Å². The predicted octanol–water partition coefficient (Wildman–Crippen LogP) is 0.586. The summed E-state index contributed by atoms with van der Waals surface area (Å²) >= 11 is 0. The van der Waals surface area contributed by atoms with E-state index < -0.39 is 0 Å². The molecule has 1 saturated heterocycles. The summed E-state index contributed by atoms with van der Waals surface area (Å²) in [4.78, 5) is 2.29. The largest absolute Gasteiger partial charge is 0.391 e. The molecule has 1 heterocycles. The van der Waals surface area contributed by atoms with E-state index in [1.165, 1.54) is 6.42 Å². The van der Waals surface area contributed by atoms with Gasteiger partial charge in [-0.2, -0.15) is 0 Å². The molecule has 4 heteroatoms. The number of hydrogen-bond acceptors (Lipinski definition) is 4. The third kappa shape index (κ3) is 3.41. The summed E-state index contributed by atoms with van der Waals surface area (Å²) < 4.78 is 5.50. The molecule has 0 radical (unpaired) electrons. The van der Waals surface area contributed by atoms with Crippen LogP contribution in [0.3, 0.4) is 0 Å². The van der Waals surface area contributed by atoms with Gasteiger partial charge in [0.05, 0.1) is 12.7 Å². The second-order valence-electron chi connectivity index (χ2n) is 5.65. The van der Waals surface area contributed by atoms with Crippen LogP contribution in [-0.2, 0) is 4.74 Å². The fourth-order valence-corrected chi connectivity index (χ4v) is 3.11. The molecule has 1 aliphatic carbocycles. The van der Waals surface area contributed by atoms with Gasteiger partial charge in [-0.15, -0.1) is 0 Å². The fourth-order valence-electron chi connectivity index (χ4n) is 3.11. The first-order valence-electron chi connectivity index (χ1n) is 6.90. The quantitative estimate of drug-likeness (QED) is 0.760. The van der Waals surface area contributed by atoms with Crippen LogP contribution in [0.5, 0.6) is 0 Å². The van der Waals surface area contributed by atoms with Crippen molar-refractivity contribution in [1.82, 2.24) is 4.90 Å². The number of nitrogens with two attached hydrogens (primary N) is 1. The van der Waals surface area contributed by atoms with E-state index in [0.29, 0.717) is 12.0 Å². The molecule has 4 nitrogen and oxygen atoms in total. The van der Waals surface area contributed by atoms with Gasteiger partial charge in [0.25, 0.3) is 0 Å². The molecular formula is C13H26N2O2. The van der Waals surface area contributed by atoms with Crippen LogP contribution < -0.4 is 5.73 Å². The van der Waals surface area contributed by atoms with Crippen molar-refractivity contribution in [3.8, 4) is 0 Å². The lowest BCUT2D eigenvalue weighted by Crippen LogP contribution is -2.50. The second-order valence-corrected chi connectivity index (χ2v) is 5.65. The molecule has 4 unspecified atom stereocenters. The van der Waals surface area contributed by atoms with E-state index in [1.807, 2.05) is 0 Å². The standard InChI is InChI=1S/C13H26N2O2/c1-15(12-4-2-3-5-13(12)16)8-10-9-17-7-6-11(10)14/h10-13,16H,2-9,14H2,1H3. The van der Waals surface area contributed by atoms with Gasteiger partial charge in [-0.1, -0.05) is 12.8 Å². The minimum atomic E-state index is -0.158. The molecular weight excluding hydrogens is 216 g/mol. The molecule has 0 amide bonds. The lowest BCUT2D eigenvalue weighted by Gasteiger charge is -2.39. The Labute approximate surface area is 104 Å². The lowest BCUT2D eigenvalue weighted by molar-refractivity contribution is -0.00657. The van der Waals surface area contributed by atoms with Crippen molar-refractivity contribution >= 4 is 0 Å². The Balaban J connectivity index is 1.84. The van der Waals surface area contributed by atoms with Gasteiger partial charge in [0.15, 0.2) is 0 Å². The Morgan fingerprint density at radius 3 is 2.76 bits per heavy atom. The maximum Gasteiger partial charge on any atom is 0.0695 e. The first-order valence-corrected chi connectivity index (χ1v) is 6.90. The summed E-state index contributed by atoms with van der Waals surface area (Å²) in [6.07, 6.45) is 5.26. The van der Waals surface area contributed by atoms with Gasteiger partial charge in [0.1, 0.15) is 0 Å². The van der Waals surface area contributed by atoms with Crippen molar-refractivity contribution in [3.05, 3.63) is 0 Å². The van der Waals surface area contributed by atoms with Crippen molar-refractivity contribution in [2.75, 3.05) is 26.8 Å². The molecule has 4 atom stereocenters. The molecule has 2 fully saturated rings. The van der Waals surface area contributed by atoms with Gasteiger partial charge < -0.3 is 20.5 Å². The topological polar surface area (TPSA) is 58.7 Å². The molecule has 0 aromatic carbocycles. The van der Waals surface area contributed by atoms with Crippen LogP contribution in [-0.4, -0.2) is 55.0 Å². The van der Waals surface area contributed by atoms with Crippen LogP contribution in [0.15, 0.2) is 0 Å². The van der Waals surface area contributed by atoms with Crippen molar-refractivity contribution in [1.29, 1.82) is 0 Å². The van der Waals surface area contributed by atoms with Gasteiger partial charge in [-0.3, -0.25) is 0 Å². The van der Waals surface area contributed by atoms with E-state index in [0.717, 1.165) is 45.4 Å². The number of aliphatic hydroxyl groups is 1.